The maximum atomic E-state index is 11.1. The molecule has 6 nitrogen and oxygen atoms in total. The number of hydrogen-bond donors (Lipinski definition) is 1. The molecule has 1 aliphatic rings. The summed E-state index contributed by atoms with van der Waals surface area (Å²) < 4.78 is 0. The number of amides is 1. The summed E-state index contributed by atoms with van der Waals surface area (Å²) in [5.41, 5.74) is 3.90. The van der Waals surface area contributed by atoms with E-state index in [-0.39, 0.29) is 6.04 Å². The molecular weight excluding hydrogens is 254 g/mol. The predicted octanol–water partition coefficient (Wildman–Crippen LogP) is 1.33. The van der Waals surface area contributed by atoms with Crippen LogP contribution in [0.1, 0.15) is 30.9 Å². The largest absolute Gasteiger partial charge is 0.336 e. The van der Waals surface area contributed by atoms with Gasteiger partial charge in [-0.2, -0.15) is 5.10 Å². The molecule has 104 valence electrons. The van der Waals surface area contributed by atoms with Crippen molar-refractivity contribution >= 4 is 6.41 Å². The summed E-state index contributed by atoms with van der Waals surface area (Å²) in [5, 5.41) is 6.97. The Bertz CT molecular complexity index is 623. The molecule has 20 heavy (non-hydrogen) atoms. The van der Waals surface area contributed by atoms with Gasteiger partial charge in [0.2, 0.25) is 6.41 Å². The molecule has 0 spiro atoms. The monoisotopic (exact) mass is 271 g/mol. The number of hydrogen-bond acceptors (Lipinski definition) is 4. The van der Waals surface area contributed by atoms with Gasteiger partial charge in [0.15, 0.2) is 0 Å². The first-order chi connectivity index (χ1) is 9.72. The molecule has 3 heterocycles. The molecule has 0 aromatic carbocycles. The van der Waals surface area contributed by atoms with Gasteiger partial charge in [-0.3, -0.25) is 9.89 Å². The van der Waals surface area contributed by atoms with Crippen LogP contribution in [0.15, 0.2) is 12.3 Å². The lowest BCUT2D eigenvalue weighted by molar-refractivity contribution is -0.120. The second kappa shape index (κ2) is 5.03. The molecule has 0 radical (unpaired) electrons. The summed E-state index contributed by atoms with van der Waals surface area (Å²) in [7, 11) is 0. The number of nitrogens with one attached hydrogen (secondary N) is 1. The van der Waals surface area contributed by atoms with Gasteiger partial charge in [0, 0.05) is 24.2 Å². The van der Waals surface area contributed by atoms with Crippen molar-refractivity contribution in [2.45, 2.75) is 39.3 Å². The number of aryl methyl sites for hydroxylation is 1. The summed E-state index contributed by atoms with van der Waals surface area (Å²) in [6, 6.07) is 2.08. The zero-order valence-electron chi connectivity index (χ0n) is 11.6. The number of H-pyrrole nitrogens is 1. The SMILES string of the molecule is CCc1nc2c(c(-c3ccn[nH]3)n1)CC(C)N(C=O)C2. The van der Waals surface area contributed by atoms with E-state index in [1.165, 1.54) is 0 Å². The Hall–Kier alpha value is -2.24. The first-order valence-corrected chi connectivity index (χ1v) is 6.82. The van der Waals surface area contributed by atoms with Crippen molar-refractivity contribution in [1.29, 1.82) is 0 Å². The molecule has 0 fully saturated rings. The van der Waals surface area contributed by atoms with Crippen LogP contribution in [0.25, 0.3) is 11.4 Å². The fraction of sp³-hybridized carbons (Fsp3) is 0.429. The number of carbonyl (C=O) groups is 1. The maximum Gasteiger partial charge on any atom is 0.210 e. The highest BCUT2D eigenvalue weighted by molar-refractivity contribution is 5.61. The Kier molecular flexibility index (Phi) is 3.22. The fourth-order valence-corrected chi connectivity index (χ4v) is 2.58. The molecule has 3 rings (SSSR count). The Morgan fingerprint density at radius 2 is 2.35 bits per heavy atom. The molecule has 2 aromatic heterocycles. The fourth-order valence-electron chi connectivity index (χ4n) is 2.58. The average Bonchev–Trinajstić information content (AvgIpc) is 2.99. The number of nitrogens with zero attached hydrogens (tertiary/aromatic N) is 4. The van der Waals surface area contributed by atoms with Crippen molar-refractivity contribution in [1.82, 2.24) is 25.1 Å². The lowest BCUT2D eigenvalue weighted by Crippen LogP contribution is -2.38. The van der Waals surface area contributed by atoms with Gasteiger partial charge < -0.3 is 4.90 Å². The topological polar surface area (TPSA) is 74.8 Å². The second-order valence-electron chi connectivity index (χ2n) is 5.07. The normalized spacial score (nSPS) is 17.9. The zero-order chi connectivity index (χ0) is 14.1. The highest BCUT2D eigenvalue weighted by atomic mass is 16.1. The molecule has 6 heteroatoms. The van der Waals surface area contributed by atoms with E-state index in [1.807, 2.05) is 19.9 Å². The first-order valence-electron chi connectivity index (χ1n) is 6.82. The number of aromatic nitrogens is 4. The zero-order valence-corrected chi connectivity index (χ0v) is 11.6. The van der Waals surface area contributed by atoms with E-state index < -0.39 is 0 Å². The van der Waals surface area contributed by atoms with Crippen molar-refractivity contribution in [3.05, 3.63) is 29.3 Å². The van der Waals surface area contributed by atoms with Gasteiger partial charge in [-0.1, -0.05) is 6.92 Å². The van der Waals surface area contributed by atoms with E-state index in [0.717, 1.165) is 47.7 Å². The average molecular weight is 271 g/mol. The van der Waals surface area contributed by atoms with Gasteiger partial charge in [0.05, 0.1) is 23.6 Å². The first kappa shape index (κ1) is 12.8. The molecule has 1 unspecified atom stereocenters. The Labute approximate surface area is 117 Å². The van der Waals surface area contributed by atoms with Gasteiger partial charge in [-0.25, -0.2) is 9.97 Å². The molecule has 0 saturated carbocycles. The number of carbonyl (C=O) groups excluding carboxylic acids is 1. The van der Waals surface area contributed by atoms with E-state index in [2.05, 4.69) is 20.2 Å². The maximum absolute atomic E-state index is 11.1. The van der Waals surface area contributed by atoms with Crippen LogP contribution < -0.4 is 0 Å². The molecule has 2 aromatic rings. The third-order valence-corrected chi connectivity index (χ3v) is 3.74. The molecule has 1 N–H and O–H groups in total. The van der Waals surface area contributed by atoms with Crippen LogP contribution in [0.4, 0.5) is 0 Å². The van der Waals surface area contributed by atoms with Crippen LogP contribution in [-0.4, -0.2) is 37.5 Å². The predicted molar refractivity (Wildman–Crippen MR) is 73.8 cm³/mol. The molecule has 0 bridgehead atoms. The van der Waals surface area contributed by atoms with Crippen molar-refractivity contribution in [2.75, 3.05) is 0 Å². The molecular formula is C14H17N5O. The van der Waals surface area contributed by atoms with Crippen LogP contribution in [-0.2, 0) is 24.2 Å². The van der Waals surface area contributed by atoms with Crippen molar-refractivity contribution in [3.63, 3.8) is 0 Å². The van der Waals surface area contributed by atoms with Gasteiger partial charge in [-0.05, 0) is 19.4 Å². The number of fused-ring (bicyclic) bond motifs is 1. The Morgan fingerprint density at radius 3 is 3.00 bits per heavy atom. The summed E-state index contributed by atoms with van der Waals surface area (Å²) in [6.45, 7) is 4.62. The number of rotatable bonds is 3. The summed E-state index contributed by atoms with van der Waals surface area (Å²) >= 11 is 0. The second-order valence-corrected chi connectivity index (χ2v) is 5.07. The lowest BCUT2D eigenvalue weighted by Gasteiger charge is -2.32. The van der Waals surface area contributed by atoms with E-state index in [9.17, 15) is 4.79 Å². The van der Waals surface area contributed by atoms with E-state index in [0.29, 0.717) is 6.54 Å². The highest BCUT2D eigenvalue weighted by Gasteiger charge is 2.27. The van der Waals surface area contributed by atoms with Crippen LogP contribution in [0.2, 0.25) is 0 Å². The Balaban J connectivity index is 2.14. The quantitative estimate of drug-likeness (QED) is 0.855. The molecule has 1 amide bonds. The van der Waals surface area contributed by atoms with Crippen LogP contribution in [0.5, 0.6) is 0 Å². The Morgan fingerprint density at radius 1 is 1.50 bits per heavy atom. The van der Waals surface area contributed by atoms with E-state index >= 15 is 0 Å². The van der Waals surface area contributed by atoms with Crippen LogP contribution in [0, 0.1) is 0 Å². The molecule has 0 aliphatic carbocycles. The molecule has 1 atom stereocenters. The third kappa shape index (κ3) is 2.07. The standard InChI is InChI=1S/C14H17N5O/c1-3-13-16-12-7-19(8-20)9(2)6-10(12)14(17-13)11-4-5-15-18-11/h4-5,8-9H,3,6-7H2,1-2H3,(H,15,18). The number of aromatic amines is 1. The van der Waals surface area contributed by atoms with Crippen molar-refractivity contribution < 1.29 is 4.79 Å². The minimum absolute atomic E-state index is 0.165. The van der Waals surface area contributed by atoms with Gasteiger partial charge in [0.25, 0.3) is 0 Å². The lowest BCUT2D eigenvalue weighted by atomic mass is 9.96. The summed E-state index contributed by atoms with van der Waals surface area (Å²) in [5.74, 6) is 0.800. The van der Waals surface area contributed by atoms with Gasteiger partial charge >= 0.3 is 0 Å². The molecule has 0 saturated heterocycles. The minimum atomic E-state index is 0.165. The van der Waals surface area contributed by atoms with Gasteiger partial charge in [0.1, 0.15) is 5.82 Å². The summed E-state index contributed by atoms with van der Waals surface area (Å²) in [4.78, 5) is 22.1. The summed E-state index contributed by atoms with van der Waals surface area (Å²) in [6.07, 6.45) is 4.16. The van der Waals surface area contributed by atoms with E-state index in [4.69, 9.17) is 0 Å². The van der Waals surface area contributed by atoms with Crippen molar-refractivity contribution in [2.24, 2.45) is 0 Å². The van der Waals surface area contributed by atoms with Gasteiger partial charge in [-0.15, -0.1) is 0 Å². The minimum Gasteiger partial charge on any atom is -0.336 e. The van der Waals surface area contributed by atoms with E-state index in [1.54, 1.807) is 11.1 Å². The third-order valence-electron chi connectivity index (χ3n) is 3.74. The van der Waals surface area contributed by atoms with Crippen molar-refractivity contribution in [3.8, 4) is 11.4 Å². The highest BCUT2D eigenvalue weighted by Crippen LogP contribution is 2.28. The van der Waals surface area contributed by atoms with Crippen LogP contribution >= 0.6 is 0 Å². The van der Waals surface area contributed by atoms with Crippen LogP contribution in [0.3, 0.4) is 0 Å². The smallest absolute Gasteiger partial charge is 0.210 e. The molecule has 1 aliphatic heterocycles.